The molecule has 1 aliphatic rings. The summed E-state index contributed by atoms with van der Waals surface area (Å²) in [6.07, 6.45) is 5.41. The summed E-state index contributed by atoms with van der Waals surface area (Å²) in [5, 5.41) is 0.242. The zero-order chi connectivity index (χ0) is 19.1. The first kappa shape index (κ1) is 20.0. The minimum atomic E-state index is -3.79. The Hall–Kier alpha value is -1.79. The highest BCUT2D eigenvalue weighted by molar-refractivity contribution is 8.13. The molecule has 3 rings (SSSR count). The summed E-state index contributed by atoms with van der Waals surface area (Å²) in [6, 6.07) is 16.7. The lowest BCUT2D eigenvalue weighted by Gasteiger charge is -2.23. The fourth-order valence-electron chi connectivity index (χ4n) is 2.99. The van der Waals surface area contributed by atoms with Crippen molar-refractivity contribution in [3.05, 3.63) is 65.7 Å². The van der Waals surface area contributed by atoms with E-state index >= 15 is 0 Å². The van der Waals surface area contributed by atoms with E-state index in [1.165, 1.54) is 18.2 Å². The van der Waals surface area contributed by atoms with Crippen LogP contribution in [-0.2, 0) is 20.5 Å². The van der Waals surface area contributed by atoms with E-state index in [4.69, 9.17) is 4.74 Å². The van der Waals surface area contributed by atoms with Crippen molar-refractivity contribution in [3.8, 4) is 0 Å². The van der Waals surface area contributed by atoms with Crippen LogP contribution in [0.5, 0.6) is 0 Å². The largest absolute Gasteiger partial charge is 0.469 e. The second-order valence-corrected chi connectivity index (χ2v) is 9.33. The van der Waals surface area contributed by atoms with Crippen LogP contribution in [0.3, 0.4) is 0 Å². The maximum absolute atomic E-state index is 12.7. The maximum atomic E-state index is 12.7. The molecule has 0 amide bonds. The van der Waals surface area contributed by atoms with E-state index in [1.807, 2.05) is 37.3 Å². The molecular formula is C21H25NO3S2. The summed E-state index contributed by atoms with van der Waals surface area (Å²) in [4.78, 5) is 0.193. The summed E-state index contributed by atoms with van der Waals surface area (Å²) in [7, 11) is -3.79. The third kappa shape index (κ3) is 6.11. The van der Waals surface area contributed by atoms with Crippen LogP contribution < -0.4 is 0 Å². The lowest BCUT2D eigenvalue weighted by Crippen LogP contribution is -2.20. The molecule has 0 saturated heterocycles. The Morgan fingerprint density at radius 1 is 1.04 bits per heavy atom. The van der Waals surface area contributed by atoms with E-state index in [0.29, 0.717) is 5.75 Å². The van der Waals surface area contributed by atoms with Gasteiger partial charge in [0.1, 0.15) is 6.10 Å². The molecule has 0 aromatic heterocycles. The zero-order valence-electron chi connectivity index (χ0n) is 15.5. The van der Waals surface area contributed by atoms with Gasteiger partial charge < -0.3 is 4.74 Å². The van der Waals surface area contributed by atoms with Gasteiger partial charge in [-0.1, -0.05) is 66.2 Å². The first-order valence-corrected chi connectivity index (χ1v) is 11.7. The first-order valence-electron chi connectivity index (χ1n) is 9.28. The number of ether oxygens (including phenoxy) is 1. The quantitative estimate of drug-likeness (QED) is 0.501. The van der Waals surface area contributed by atoms with Crippen molar-refractivity contribution < 1.29 is 13.2 Å². The summed E-state index contributed by atoms with van der Waals surface area (Å²) in [6.45, 7) is 1.92. The van der Waals surface area contributed by atoms with Crippen molar-refractivity contribution in [1.82, 2.24) is 0 Å². The third-order valence-electron chi connectivity index (χ3n) is 4.54. The minimum absolute atomic E-state index is 0.0500. The van der Waals surface area contributed by atoms with Gasteiger partial charge in [0, 0.05) is 5.75 Å². The molecule has 1 fully saturated rings. The summed E-state index contributed by atoms with van der Waals surface area (Å²) >= 11 is 1.34. The molecule has 0 heterocycles. The number of nitrogens with zero attached hydrogens (tertiary/aromatic N) is 1. The summed E-state index contributed by atoms with van der Waals surface area (Å²) in [5.74, 6) is 0.621. The molecule has 0 unspecified atom stereocenters. The summed E-state index contributed by atoms with van der Waals surface area (Å²) < 4.78 is 35.5. The molecule has 144 valence electrons. The van der Waals surface area contributed by atoms with Gasteiger partial charge in [0.05, 0.1) is 4.90 Å². The second kappa shape index (κ2) is 9.42. The fourth-order valence-corrected chi connectivity index (χ4v) is 5.00. The van der Waals surface area contributed by atoms with Crippen LogP contribution >= 0.6 is 11.8 Å². The van der Waals surface area contributed by atoms with Crippen molar-refractivity contribution in [3.63, 3.8) is 0 Å². The molecule has 1 saturated carbocycles. The predicted octanol–water partition coefficient (Wildman–Crippen LogP) is 5.32. The van der Waals surface area contributed by atoms with Gasteiger partial charge in [-0.05, 0) is 50.3 Å². The number of hydrogen-bond donors (Lipinski definition) is 0. The van der Waals surface area contributed by atoms with Gasteiger partial charge in [-0.15, -0.1) is 4.40 Å². The molecule has 1 aliphatic carbocycles. The Labute approximate surface area is 166 Å². The van der Waals surface area contributed by atoms with Crippen molar-refractivity contribution in [1.29, 1.82) is 0 Å². The molecule has 0 aliphatic heterocycles. The van der Waals surface area contributed by atoms with Gasteiger partial charge in [-0.25, -0.2) is 0 Å². The SMILES string of the molecule is Cc1ccc(S(=O)(=O)/N=C(\OC2CCCCC2)SCc2ccccc2)cc1. The standard InChI is InChI=1S/C21H25NO3S2/c1-17-12-14-20(15-13-17)27(23,24)22-21(25-19-10-6-3-7-11-19)26-16-18-8-4-2-5-9-18/h2,4-5,8-9,12-15,19H,3,6-7,10-11,16H2,1H3/b22-21+. The number of sulfonamides is 1. The molecule has 0 radical (unpaired) electrons. The van der Waals surface area contributed by atoms with E-state index in [9.17, 15) is 8.42 Å². The average Bonchev–Trinajstić information content (AvgIpc) is 2.68. The van der Waals surface area contributed by atoms with Crippen molar-refractivity contribution in [2.24, 2.45) is 4.40 Å². The van der Waals surface area contributed by atoms with Crippen LogP contribution in [0.25, 0.3) is 0 Å². The van der Waals surface area contributed by atoms with Crippen LogP contribution in [0.4, 0.5) is 0 Å². The Morgan fingerprint density at radius 2 is 1.70 bits per heavy atom. The van der Waals surface area contributed by atoms with E-state index in [1.54, 1.807) is 24.3 Å². The Morgan fingerprint density at radius 3 is 2.37 bits per heavy atom. The highest BCUT2D eigenvalue weighted by atomic mass is 32.2. The third-order valence-corrected chi connectivity index (χ3v) is 6.84. The van der Waals surface area contributed by atoms with Crippen LogP contribution in [0, 0.1) is 6.92 Å². The molecule has 2 aromatic carbocycles. The number of hydrogen-bond acceptors (Lipinski definition) is 4. The molecule has 0 N–H and O–H groups in total. The van der Waals surface area contributed by atoms with Crippen molar-refractivity contribution in [2.75, 3.05) is 0 Å². The molecule has 4 nitrogen and oxygen atoms in total. The highest BCUT2D eigenvalue weighted by Gasteiger charge is 2.21. The molecule has 0 atom stereocenters. The number of aryl methyl sites for hydroxylation is 1. The Balaban J connectivity index is 1.80. The number of benzene rings is 2. The minimum Gasteiger partial charge on any atom is -0.469 e. The van der Waals surface area contributed by atoms with E-state index < -0.39 is 10.0 Å². The molecule has 6 heteroatoms. The van der Waals surface area contributed by atoms with Crippen LogP contribution in [0.1, 0.15) is 43.2 Å². The normalized spacial score (nSPS) is 16.3. The van der Waals surface area contributed by atoms with Crippen molar-refractivity contribution >= 4 is 27.0 Å². The Bertz CT molecular complexity index is 856. The fraction of sp³-hybridized carbons (Fsp3) is 0.381. The monoisotopic (exact) mass is 403 g/mol. The topological polar surface area (TPSA) is 55.7 Å². The number of rotatable bonds is 5. The van der Waals surface area contributed by atoms with Gasteiger partial charge in [0.15, 0.2) is 0 Å². The predicted molar refractivity (Wildman–Crippen MR) is 111 cm³/mol. The van der Waals surface area contributed by atoms with E-state index in [0.717, 1.165) is 36.8 Å². The van der Waals surface area contributed by atoms with Crippen LogP contribution in [-0.4, -0.2) is 19.8 Å². The molecular weight excluding hydrogens is 378 g/mol. The second-order valence-electron chi connectivity index (χ2n) is 6.80. The number of thioether (sulfide) groups is 1. The summed E-state index contributed by atoms with van der Waals surface area (Å²) in [5.41, 5.74) is 2.12. The smallest absolute Gasteiger partial charge is 0.286 e. The lowest BCUT2D eigenvalue weighted by atomic mass is 9.98. The molecule has 0 spiro atoms. The van der Waals surface area contributed by atoms with Crippen LogP contribution in [0.15, 0.2) is 63.9 Å². The maximum Gasteiger partial charge on any atom is 0.286 e. The van der Waals surface area contributed by atoms with E-state index in [-0.39, 0.29) is 16.2 Å². The van der Waals surface area contributed by atoms with Gasteiger partial charge in [0.25, 0.3) is 15.3 Å². The van der Waals surface area contributed by atoms with Gasteiger partial charge >= 0.3 is 0 Å². The lowest BCUT2D eigenvalue weighted by molar-refractivity contribution is 0.149. The molecule has 2 aromatic rings. The average molecular weight is 404 g/mol. The van der Waals surface area contributed by atoms with Gasteiger partial charge in [0.2, 0.25) is 0 Å². The zero-order valence-corrected chi connectivity index (χ0v) is 17.1. The first-order chi connectivity index (χ1) is 13.0. The van der Waals surface area contributed by atoms with E-state index in [2.05, 4.69) is 4.40 Å². The molecule has 0 bridgehead atoms. The molecule has 27 heavy (non-hydrogen) atoms. The van der Waals surface area contributed by atoms with Gasteiger partial charge in [-0.3, -0.25) is 0 Å². The van der Waals surface area contributed by atoms with Crippen molar-refractivity contribution in [2.45, 2.75) is 55.8 Å². The highest BCUT2D eigenvalue weighted by Crippen LogP contribution is 2.25. The van der Waals surface area contributed by atoms with Crippen LogP contribution in [0.2, 0.25) is 0 Å². The van der Waals surface area contributed by atoms with Gasteiger partial charge in [-0.2, -0.15) is 8.42 Å². The Kier molecular flexibility index (Phi) is 6.96.